The molecule has 0 aliphatic carbocycles. The molecule has 6 rings (SSSR count). The number of ether oxygens (including phenoxy) is 11. The average Bonchev–Trinajstić information content (AvgIpc) is 3.26. The molecular weight excluding hydrogens is 868 g/mol. The van der Waals surface area contributed by atoms with Gasteiger partial charge in [-0.3, -0.25) is 0 Å². The first kappa shape index (κ1) is 51.3. The molecule has 0 bridgehead atoms. The summed E-state index contributed by atoms with van der Waals surface area (Å²) in [6, 6.07) is 0. The maximum absolute atomic E-state index is 11.5. The summed E-state index contributed by atoms with van der Waals surface area (Å²) in [6.07, 6.45) is -52.4. The van der Waals surface area contributed by atoms with Crippen molar-refractivity contribution in [3.05, 3.63) is 0 Å². The highest BCUT2D eigenvalue weighted by Crippen LogP contribution is 2.37. The summed E-state index contributed by atoms with van der Waals surface area (Å²) in [5.41, 5.74) is 0. The standard InChI is InChI=1S/C35H60O28/c1-7-13(40)26(24(51)34(54-7)62-28-14(41)9(39)6-53-30(28)52)60-31-23(50)20(47)25(8(2)55-31)59-35-29(63-33-22(49)19(46)16(43)11(4-37)57-33)27(17(44)12(5-38)58-35)61-32-21(48)18(45)15(42)10(3-36)56-32/h7-52H,3-6H2,1-2H3/t7-,8+,9-,10+,11+,12+,13-,14-,15-,16+,17+,18-,19-,20+,21+,22+,23-,24+,25+,26+,27-,28+,29+,30+,31-,32-,33-,34-,35-/m0/s1. The average molecular weight is 929 g/mol. The second-order valence-electron chi connectivity index (χ2n) is 16.3. The quantitative estimate of drug-likeness (QED) is 0.0815. The van der Waals surface area contributed by atoms with E-state index in [2.05, 4.69) is 0 Å². The van der Waals surface area contributed by atoms with Crippen LogP contribution in [0.1, 0.15) is 13.8 Å². The Morgan fingerprint density at radius 3 is 1.32 bits per heavy atom. The van der Waals surface area contributed by atoms with Crippen molar-refractivity contribution < 1.29 is 139 Å². The van der Waals surface area contributed by atoms with E-state index in [4.69, 9.17) is 52.1 Å². The highest BCUT2D eigenvalue weighted by atomic mass is 16.8. The second kappa shape index (κ2) is 21.5. The molecule has 0 saturated carbocycles. The third kappa shape index (κ3) is 10.5. The zero-order valence-electron chi connectivity index (χ0n) is 33.7. The molecule has 0 aromatic carbocycles. The van der Waals surface area contributed by atoms with Crippen molar-refractivity contribution in [2.24, 2.45) is 0 Å². The van der Waals surface area contributed by atoms with Gasteiger partial charge in [0.15, 0.2) is 37.7 Å². The van der Waals surface area contributed by atoms with E-state index < -0.39 is 205 Å². The number of hydrogen-bond donors (Lipinski definition) is 17. The molecule has 0 unspecified atom stereocenters. The van der Waals surface area contributed by atoms with Crippen molar-refractivity contribution >= 4 is 0 Å². The first-order valence-corrected chi connectivity index (χ1v) is 20.3. The molecule has 17 N–H and O–H groups in total. The summed E-state index contributed by atoms with van der Waals surface area (Å²) < 4.78 is 62.2. The van der Waals surface area contributed by atoms with E-state index in [1.165, 1.54) is 13.8 Å². The smallest absolute Gasteiger partial charge is 0.187 e. The van der Waals surface area contributed by atoms with Crippen LogP contribution in [0.25, 0.3) is 0 Å². The van der Waals surface area contributed by atoms with Crippen LogP contribution in [-0.2, 0) is 52.1 Å². The van der Waals surface area contributed by atoms with Crippen LogP contribution in [-0.4, -0.2) is 291 Å². The van der Waals surface area contributed by atoms with Gasteiger partial charge in [-0.05, 0) is 13.8 Å². The van der Waals surface area contributed by atoms with E-state index in [9.17, 15) is 86.8 Å². The molecule has 6 fully saturated rings. The van der Waals surface area contributed by atoms with Gasteiger partial charge in [0.05, 0.1) is 38.6 Å². The Bertz CT molecular complexity index is 1420. The minimum absolute atomic E-state index is 0.432. The van der Waals surface area contributed by atoms with Crippen LogP contribution in [0.15, 0.2) is 0 Å². The van der Waals surface area contributed by atoms with Gasteiger partial charge in [0.2, 0.25) is 0 Å². The summed E-state index contributed by atoms with van der Waals surface area (Å²) in [7, 11) is 0. The molecule has 28 nitrogen and oxygen atoms in total. The Balaban J connectivity index is 1.23. The highest BCUT2D eigenvalue weighted by Gasteiger charge is 2.57. The van der Waals surface area contributed by atoms with E-state index in [0.717, 1.165) is 0 Å². The molecule has 63 heavy (non-hydrogen) atoms. The summed E-state index contributed by atoms with van der Waals surface area (Å²) in [5.74, 6) is 0. The van der Waals surface area contributed by atoms with E-state index in [-0.39, 0.29) is 0 Å². The molecule has 0 aromatic heterocycles. The fourth-order valence-electron chi connectivity index (χ4n) is 8.09. The lowest BCUT2D eigenvalue weighted by Crippen LogP contribution is -2.68. The number of aliphatic hydroxyl groups is 17. The van der Waals surface area contributed by atoms with Gasteiger partial charge in [-0.1, -0.05) is 0 Å². The lowest BCUT2D eigenvalue weighted by Gasteiger charge is -2.51. The Morgan fingerprint density at radius 2 is 0.762 bits per heavy atom. The van der Waals surface area contributed by atoms with Gasteiger partial charge in [0, 0.05) is 0 Å². The Kier molecular flexibility index (Phi) is 17.5. The number of rotatable bonds is 13. The Labute approximate surface area is 357 Å². The van der Waals surface area contributed by atoms with E-state index in [1.807, 2.05) is 0 Å². The summed E-state index contributed by atoms with van der Waals surface area (Å²) in [4.78, 5) is 0. The third-order valence-electron chi connectivity index (χ3n) is 12.0. The van der Waals surface area contributed by atoms with E-state index in [1.54, 1.807) is 0 Å². The Morgan fingerprint density at radius 1 is 0.349 bits per heavy atom. The molecule has 0 amide bonds. The van der Waals surface area contributed by atoms with Crippen LogP contribution in [0.2, 0.25) is 0 Å². The topological polar surface area (TPSA) is 445 Å². The van der Waals surface area contributed by atoms with Gasteiger partial charge < -0.3 is 139 Å². The van der Waals surface area contributed by atoms with Gasteiger partial charge >= 0.3 is 0 Å². The van der Waals surface area contributed by atoms with Crippen LogP contribution >= 0.6 is 0 Å². The molecule has 0 aromatic rings. The molecule has 0 radical (unpaired) electrons. The maximum atomic E-state index is 11.5. The van der Waals surface area contributed by atoms with Gasteiger partial charge in [-0.15, -0.1) is 0 Å². The predicted octanol–water partition coefficient (Wildman–Crippen LogP) is -11.4. The SMILES string of the molecule is C[C@@H]1O[C@@H](O[C@@H]2[C@@H](O)[C@@H](O)CO[C@H]2O)[C@H](O)[C@H](O[C@@H]2O[C@H](C)[C@@H](O[C@@H]3O[C@H](CO)[C@@H](O)[C@H](O[C@@H]4O[C@H](CO)[C@H](O)[C@H](O)[C@H]4O)[C@H]3O[C@@H]3O[C@H](CO)[C@@H](O)[C@H](O)[C@H]3O)[C@H](O)[C@@H]2O)[C@H]1O. The van der Waals surface area contributed by atoms with Crippen LogP contribution in [0.3, 0.4) is 0 Å². The molecule has 0 spiro atoms. The first-order chi connectivity index (χ1) is 29.7. The molecule has 6 aliphatic rings. The first-order valence-electron chi connectivity index (χ1n) is 20.3. The minimum atomic E-state index is -2.09. The van der Waals surface area contributed by atoms with E-state index in [0.29, 0.717) is 0 Å². The summed E-state index contributed by atoms with van der Waals surface area (Å²) >= 11 is 0. The number of aliphatic hydroxyl groups excluding tert-OH is 17. The molecule has 6 saturated heterocycles. The van der Waals surface area contributed by atoms with Gasteiger partial charge in [-0.2, -0.15) is 0 Å². The maximum Gasteiger partial charge on any atom is 0.187 e. The van der Waals surface area contributed by atoms with Crippen LogP contribution in [0.5, 0.6) is 0 Å². The minimum Gasteiger partial charge on any atom is -0.394 e. The largest absolute Gasteiger partial charge is 0.394 e. The number of hydrogen-bond acceptors (Lipinski definition) is 28. The van der Waals surface area contributed by atoms with Crippen LogP contribution in [0, 0.1) is 0 Å². The summed E-state index contributed by atoms with van der Waals surface area (Å²) in [6.45, 7) is -0.564. The van der Waals surface area contributed by atoms with Crippen LogP contribution < -0.4 is 0 Å². The normalized spacial score (nSPS) is 54.8. The molecule has 29 atom stereocenters. The Hall–Kier alpha value is -1.12. The van der Waals surface area contributed by atoms with Crippen molar-refractivity contribution in [3.8, 4) is 0 Å². The predicted molar refractivity (Wildman–Crippen MR) is 190 cm³/mol. The highest BCUT2D eigenvalue weighted by molar-refractivity contribution is 4.99. The van der Waals surface area contributed by atoms with Crippen molar-refractivity contribution in [2.75, 3.05) is 26.4 Å². The molecule has 6 aliphatic heterocycles. The fourth-order valence-corrected chi connectivity index (χ4v) is 8.09. The fraction of sp³-hybridized carbons (Fsp3) is 1.00. The van der Waals surface area contributed by atoms with E-state index >= 15 is 0 Å². The van der Waals surface area contributed by atoms with Crippen LogP contribution in [0.4, 0.5) is 0 Å². The lowest BCUT2D eigenvalue weighted by molar-refractivity contribution is -0.408. The van der Waals surface area contributed by atoms with Gasteiger partial charge in [-0.25, -0.2) is 0 Å². The van der Waals surface area contributed by atoms with Crippen molar-refractivity contribution in [1.82, 2.24) is 0 Å². The van der Waals surface area contributed by atoms with Crippen molar-refractivity contribution in [1.29, 1.82) is 0 Å². The molecule has 6 heterocycles. The zero-order chi connectivity index (χ0) is 46.3. The van der Waals surface area contributed by atoms with Crippen molar-refractivity contribution in [2.45, 2.75) is 192 Å². The van der Waals surface area contributed by atoms with Gasteiger partial charge in [0.1, 0.15) is 128 Å². The monoisotopic (exact) mass is 928 g/mol. The second-order valence-corrected chi connectivity index (χ2v) is 16.3. The zero-order valence-corrected chi connectivity index (χ0v) is 33.7. The van der Waals surface area contributed by atoms with Crippen molar-refractivity contribution in [3.63, 3.8) is 0 Å². The molecule has 368 valence electrons. The third-order valence-corrected chi connectivity index (χ3v) is 12.0. The molecule has 28 heteroatoms. The molecular formula is C35H60O28. The lowest BCUT2D eigenvalue weighted by atomic mass is 9.95. The van der Waals surface area contributed by atoms with Gasteiger partial charge in [0.25, 0.3) is 0 Å². The summed E-state index contributed by atoms with van der Waals surface area (Å²) in [5, 5.41) is 180.